The lowest BCUT2D eigenvalue weighted by Gasteiger charge is -2.10. The van der Waals surface area contributed by atoms with Gasteiger partial charge in [-0.15, -0.1) is 0 Å². The molecule has 0 aliphatic heterocycles. The van der Waals surface area contributed by atoms with Gasteiger partial charge in [-0.25, -0.2) is 0 Å². The van der Waals surface area contributed by atoms with Gasteiger partial charge in [-0.2, -0.15) is 0 Å². The third-order valence-electron chi connectivity index (χ3n) is 3.47. The van der Waals surface area contributed by atoms with Crippen LogP contribution in [0.1, 0.15) is 39.8 Å². The van der Waals surface area contributed by atoms with E-state index >= 15 is 0 Å². The zero-order chi connectivity index (χ0) is 18.2. The molecule has 0 spiro atoms. The third kappa shape index (κ3) is 5.20. The number of carbonyl (C=O) groups is 3. The first kappa shape index (κ1) is 18.3. The third-order valence-corrected chi connectivity index (χ3v) is 3.47. The summed E-state index contributed by atoms with van der Waals surface area (Å²) in [5, 5.41) is 7.94. The molecule has 1 aromatic heterocycles. The largest absolute Gasteiger partial charge is 0.459 e. The number of benzene rings is 1. The summed E-state index contributed by atoms with van der Waals surface area (Å²) in [6.45, 7) is 4.24. The minimum absolute atomic E-state index is 0.0964. The van der Waals surface area contributed by atoms with E-state index in [-0.39, 0.29) is 24.1 Å². The standard InChI is InChI=1S/C18H21N3O4/c1-3-8-19-16(22)11-20-17(23)13-7-6-12(2)14(10-13)21-18(24)15-5-4-9-25-15/h4-7,9-10H,3,8,11H2,1-2H3,(H,19,22)(H,20,23)(H,21,24). The van der Waals surface area contributed by atoms with E-state index in [4.69, 9.17) is 4.42 Å². The van der Waals surface area contributed by atoms with Crippen LogP contribution in [0.3, 0.4) is 0 Å². The first-order valence-electron chi connectivity index (χ1n) is 8.01. The highest BCUT2D eigenvalue weighted by atomic mass is 16.3. The topological polar surface area (TPSA) is 100 Å². The van der Waals surface area contributed by atoms with Gasteiger partial charge in [-0.3, -0.25) is 14.4 Å². The molecule has 0 unspecified atom stereocenters. The van der Waals surface area contributed by atoms with Gasteiger partial charge in [0.1, 0.15) is 0 Å². The molecule has 7 heteroatoms. The maximum Gasteiger partial charge on any atom is 0.291 e. The molecule has 2 rings (SSSR count). The van der Waals surface area contributed by atoms with Crippen LogP contribution < -0.4 is 16.0 Å². The first-order valence-corrected chi connectivity index (χ1v) is 8.01. The second-order valence-corrected chi connectivity index (χ2v) is 5.49. The van der Waals surface area contributed by atoms with Gasteiger partial charge >= 0.3 is 0 Å². The molecule has 0 radical (unpaired) electrons. The van der Waals surface area contributed by atoms with Crippen LogP contribution in [-0.2, 0) is 4.79 Å². The van der Waals surface area contributed by atoms with E-state index in [1.165, 1.54) is 6.26 Å². The molecule has 0 saturated carbocycles. The van der Waals surface area contributed by atoms with Gasteiger partial charge in [-0.05, 0) is 43.2 Å². The molecule has 2 aromatic rings. The maximum atomic E-state index is 12.2. The Balaban J connectivity index is 2.01. The number of hydrogen-bond donors (Lipinski definition) is 3. The highest BCUT2D eigenvalue weighted by molar-refractivity contribution is 6.04. The van der Waals surface area contributed by atoms with Crippen molar-refractivity contribution < 1.29 is 18.8 Å². The highest BCUT2D eigenvalue weighted by Crippen LogP contribution is 2.18. The zero-order valence-corrected chi connectivity index (χ0v) is 14.2. The van der Waals surface area contributed by atoms with Crippen molar-refractivity contribution in [3.8, 4) is 0 Å². The molecule has 3 amide bonds. The summed E-state index contributed by atoms with van der Waals surface area (Å²) in [6, 6.07) is 8.10. The fourth-order valence-electron chi connectivity index (χ4n) is 2.08. The summed E-state index contributed by atoms with van der Waals surface area (Å²) in [4.78, 5) is 35.8. The average molecular weight is 343 g/mol. The van der Waals surface area contributed by atoms with Crippen LogP contribution >= 0.6 is 0 Å². The summed E-state index contributed by atoms with van der Waals surface area (Å²) in [5.41, 5.74) is 1.66. The monoisotopic (exact) mass is 343 g/mol. The lowest BCUT2D eigenvalue weighted by atomic mass is 10.1. The molecule has 0 bridgehead atoms. The van der Waals surface area contributed by atoms with Crippen LogP contribution in [0.4, 0.5) is 5.69 Å². The Hall–Kier alpha value is -3.09. The quantitative estimate of drug-likeness (QED) is 0.716. The molecule has 0 fully saturated rings. The van der Waals surface area contributed by atoms with Crippen LogP contribution in [0.2, 0.25) is 0 Å². The van der Waals surface area contributed by atoms with E-state index in [1.54, 1.807) is 30.3 Å². The van der Waals surface area contributed by atoms with Crippen molar-refractivity contribution in [3.63, 3.8) is 0 Å². The number of rotatable bonds is 7. The molecule has 0 aliphatic rings. The van der Waals surface area contributed by atoms with Crippen LogP contribution in [-0.4, -0.2) is 30.8 Å². The molecule has 7 nitrogen and oxygen atoms in total. The molecular formula is C18H21N3O4. The molecule has 0 atom stereocenters. The van der Waals surface area contributed by atoms with Crippen LogP contribution in [0, 0.1) is 6.92 Å². The SMILES string of the molecule is CCCNC(=O)CNC(=O)c1ccc(C)c(NC(=O)c2ccco2)c1. The van der Waals surface area contributed by atoms with Gasteiger partial charge in [0.2, 0.25) is 5.91 Å². The van der Waals surface area contributed by atoms with E-state index in [0.717, 1.165) is 12.0 Å². The first-order chi connectivity index (χ1) is 12.0. The second-order valence-electron chi connectivity index (χ2n) is 5.49. The number of amides is 3. The van der Waals surface area contributed by atoms with E-state index < -0.39 is 5.91 Å². The van der Waals surface area contributed by atoms with Crippen LogP contribution in [0.25, 0.3) is 0 Å². The predicted molar refractivity (Wildman–Crippen MR) is 93.5 cm³/mol. The van der Waals surface area contributed by atoms with Crippen molar-refractivity contribution in [2.24, 2.45) is 0 Å². The van der Waals surface area contributed by atoms with Crippen molar-refractivity contribution in [1.82, 2.24) is 10.6 Å². The Bertz CT molecular complexity index is 754. The van der Waals surface area contributed by atoms with Gasteiger partial charge in [0, 0.05) is 17.8 Å². The Morgan fingerprint density at radius 2 is 1.88 bits per heavy atom. The normalized spacial score (nSPS) is 10.2. The lowest BCUT2D eigenvalue weighted by molar-refractivity contribution is -0.120. The molecule has 25 heavy (non-hydrogen) atoms. The van der Waals surface area contributed by atoms with E-state index in [2.05, 4.69) is 16.0 Å². The zero-order valence-electron chi connectivity index (χ0n) is 14.2. The van der Waals surface area contributed by atoms with E-state index in [9.17, 15) is 14.4 Å². The van der Waals surface area contributed by atoms with Crippen molar-refractivity contribution in [2.45, 2.75) is 20.3 Å². The van der Waals surface area contributed by atoms with Gasteiger partial charge in [0.15, 0.2) is 5.76 Å². The molecule has 0 saturated heterocycles. The average Bonchev–Trinajstić information content (AvgIpc) is 3.14. The summed E-state index contributed by atoms with van der Waals surface area (Å²) in [7, 11) is 0. The van der Waals surface area contributed by atoms with Crippen LogP contribution in [0.15, 0.2) is 41.0 Å². The Labute approximate surface area is 145 Å². The van der Waals surface area contributed by atoms with Gasteiger partial charge in [0.25, 0.3) is 11.8 Å². The molecular weight excluding hydrogens is 322 g/mol. The highest BCUT2D eigenvalue weighted by Gasteiger charge is 2.13. The summed E-state index contributed by atoms with van der Waals surface area (Å²) < 4.78 is 5.05. The fourth-order valence-corrected chi connectivity index (χ4v) is 2.08. The summed E-state index contributed by atoms with van der Waals surface area (Å²) in [6.07, 6.45) is 2.24. The van der Waals surface area contributed by atoms with Gasteiger partial charge in [0.05, 0.1) is 12.8 Å². The van der Waals surface area contributed by atoms with Gasteiger partial charge < -0.3 is 20.4 Å². The van der Waals surface area contributed by atoms with Crippen molar-refractivity contribution in [1.29, 1.82) is 0 Å². The minimum Gasteiger partial charge on any atom is -0.459 e. The van der Waals surface area contributed by atoms with Crippen molar-refractivity contribution in [2.75, 3.05) is 18.4 Å². The fraction of sp³-hybridized carbons (Fsp3) is 0.278. The smallest absolute Gasteiger partial charge is 0.291 e. The predicted octanol–water partition coefficient (Wildman–Crippen LogP) is 2.10. The minimum atomic E-state index is -0.399. The van der Waals surface area contributed by atoms with E-state index in [0.29, 0.717) is 17.8 Å². The Morgan fingerprint density at radius 1 is 1.08 bits per heavy atom. The second kappa shape index (κ2) is 8.68. The Kier molecular flexibility index (Phi) is 6.33. The molecule has 1 heterocycles. The number of nitrogens with one attached hydrogen (secondary N) is 3. The number of hydrogen-bond acceptors (Lipinski definition) is 4. The summed E-state index contributed by atoms with van der Waals surface area (Å²) >= 11 is 0. The molecule has 3 N–H and O–H groups in total. The van der Waals surface area contributed by atoms with Gasteiger partial charge in [-0.1, -0.05) is 13.0 Å². The molecule has 1 aromatic carbocycles. The maximum absolute atomic E-state index is 12.2. The van der Waals surface area contributed by atoms with Crippen molar-refractivity contribution in [3.05, 3.63) is 53.5 Å². The number of carbonyl (C=O) groups excluding carboxylic acids is 3. The summed E-state index contributed by atoms with van der Waals surface area (Å²) in [5.74, 6) is -0.847. The number of furan rings is 1. The molecule has 0 aliphatic carbocycles. The number of anilines is 1. The number of aryl methyl sites for hydroxylation is 1. The van der Waals surface area contributed by atoms with Crippen LogP contribution in [0.5, 0.6) is 0 Å². The van der Waals surface area contributed by atoms with Crippen molar-refractivity contribution >= 4 is 23.4 Å². The Morgan fingerprint density at radius 3 is 2.56 bits per heavy atom. The molecule has 132 valence electrons. The van der Waals surface area contributed by atoms with E-state index in [1.807, 2.05) is 13.8 Å². The lowest BCUT2D eigenvalue weighted by Crippen LogP contribution is -2.37.